The number of anilines is 1. The third-order valence-corrected chi connectivity index (χ3v) is 8.21. The lowest BCUT2D eigenvalue weighted by Gasteiger charge is -2.40. The van der Waals surface area contributed by atoms with Gasteiger partial charge in [0.15, 0.2) is 17.4 Å². The molecule has 0 radical (unpaired) electrons. The van der Waals surface area contributed by atoms with Crippen LogP contribution in [0.5, 0.6) is 11.5 Å². The number of hydrogen-bond acceptors (Lipinski definition) is 9. The van der Waals surface area contributed by atoms with Crippen molar-refractivity contribution in [3.8, 4) is 11.5 Å². The van der Waals surface area contributed by atoms with Crippen molar-refractivity contribution in [2.45, 2.75) is 48.6 Å². The van der Waals surface area contributed by atoms with Gasteiger partial charge in [-0.1, -0.05) is 16.6 Å². The van der Waals surface area contributed by atoms with E-state index in [1.807, 2.05) is 0 Å². The summed E-state index contributed by atoms with van der Waals surface area (Å²) in [5.74, 6) is -4.07. The lowest BCUT2D eigenvalue weighted by atomic mass is 9.79. The first-order valence-electron chi connectivity index (χ1n) is 12.4. The summed E-state index contributed by atoms with van der Waals surface area (Å²) in [5, 5.41) is 0. The Morgan fingerprint density at radius 3 is 2.45 bits per heavy atom. The molecule has 0 spiro atoms. The molecule has 3 aromatic rings. The smallest absolute Gasteiger partial charge is 0.486 e. The van der Waals surface area contributed by atoms with E-state index in [0.717, 1.165) is 18.6 Å². The molecule has 1 aromatic heterocycles. The molecule has 0 bridgehead atoms. The van der Waals surface area contributed by atoms with Gasteiger partial charge in [-0.25, -0.2) is 18.7 Å². The van der Waals surface area contributed by atoms with E-state index in [1.165, 1.54) is 18.2 Å². The fourth-order valence-electron chi connectivity index (χ4n) is 4.78. The van der Waals surface area contributed by atoms with Crippen LogP contribution in [0, 0.1) is 11.6 Å². The minimum Gasteiger partial charge on any atom is -0.486 e. The Morgan fingerprint density at radius 2 is 1.81 bits per heavy atom. The van der Waals surface area contributed by atoms with Gasteiger partial charge in [-0.2, -0.15) is 8.42 Å². The summed E-state index contributed by atoms with van der Waals surface area (Å²) in [6.45, 7) is -0.220. The maximum absolute atomic E-state index is 15.2. The second-order valence-corrected chi connectivity index (χ2v) is 11.3. The van der Waals surface area contributed by atoms with Gasteiger partial charge in [-0.3, -0.25) is 4.79 Å². The number of likely N-dealkylation sites (N-methyl/N-ethyl adjacent to an activating group) is 1. The van der Waals surface area contributed by atoms with E-state index >= 15 is 8.78 Å². The zero-order valence-electron chi connectivity index (χ0n) is 22.2. The van der Waals surface area contributed by atoms with E-state index in [2.05, 4.69) is 19.5 Å². The van der Waals surface area contributed by atoms with Crippen molar-refractivity contribution < 1.29 is 49.5 Å². The number of ether oxygens (including phenoxy) is 2. The molecule has 1 fully saturated rings. The summed E-state index contributed by atoms with van der Waals surface area (Å²) in [5.41, 5.74) is 0.625. The van der Waals surface area contributed by atoms with Crippen molar-refractivity contribution in [3.63, 3.8) is 0 Å². The number of halogens is 5. The molecule has 0 unspecified atom stereocenters. The molecule has 42 heavy (non-hydrogen) atoms. The van der Waals surface area contributed by atoms with Crippen LogP contribution in [0.3, 0.4) is 0 Å². The van der Waals surface area contributed by atoms with Crippen LogP contribution in [0.15, 0.2) is 59.9 Å². The highest BCUT2D eigenvalue weighted by molar-refractivity contribution is 7.92. The topological polar surface area (TPSA) is 111 Å². The molecular formula is C26H25F5N4O6S. The number of benzene rings is 2. The summed E-state index contributed by atoms with van der Waals surface area (Å²) in [6.07, 6.45) is -2.19. The Morgan fingerprint density at radius 1 is 1.05 bits per heavy atom. The van der Waals surface area contributed by atoms with Crippen LogP contribution in [-0.4, -0.2) is 62.4 Å². The van der Waals surface area contributed by atoms with Gasteiger partial charge in [0.05, 0.1) is 0 Å². The number of rotatable bonds is 10. The molecule has 0 saturated heterocycles. The molecule has 0 N–H and O–H groups in total. The van der Waals surface area contributed by atoms with Crippen LogP contribution in [0.25, 0.3) is 0 Å². The number of alkyl halides is 3. The van der Waals surface area contributed by atoms with Crippen molar-refractivity contribution in [2.75, 3.05) is 18.6 Å². The molecule has 226 valence electrons. The van der Waals surface area contributed by atoms with Crippen molar-refractivity contribution >= 4 is 22.3 Å². The van der Waals surface area contributed by atoms with Crippen molar-refractivity contribution in [1.29, 1.82) is 0 Å². The van der Waals surface area contributed by atoms with Crippen molar-refractivity contribution in [2.24, 2.45) is 0 Å². The molecule has 0 amide bonds. The first-order chi connectivity index (χ1) is 19.8. The SMILES string of the molecule is CN(C)[C@H]1C[C@@H](c2cccc(OC(F)(F)F)c2)CC[C@@H]1Oc1cc(F)c(S(=O)(=O)N(OC=O)c2ccncn2)cc1F. The van der Waals surface area contributed by atoms with Gasteiger partial charge in [0.2, 0.25) is 0 Å². The Bertz CT molecular complexity index is 1510. The largest absolute Gasteiger partial charge is 0.573 e. The monoisotopic (exact) mass is 616 g/mol. The average Bonchev–Trinajstić information content (AvgIpc) is 2.93. The molecule has 2 aromatic carbocycles. The van der Waals surface area contributed by atoms with Crippen LogP contribution in [0.4, 0.5) is 27.8 Å². The third-order valence-electron chi connectivity index (χ3n) is 6.63. The van der Waals surface area contributed by atoms with Gasteiger partial charge in [0.1, 0.15) is 28.9 Å². The minimum absolute atomic E-state index is 0.0260. The molecule has 3 atom stereocenters. The molecule has 1 saturated carbocycles. The van der Waals surface area contributed by atoms with Crippen LogP contribution in [0.1, 0.15) is 30.7 Å². The Hall–Kier alpha value is -4.05. The summed E-state index contributed by atoms with van der Waals surface area (Å²) in [7, 11) is -1.48. The van der Waals surface area contributed by atoms with E-state index < -0.39 is 50.6 Å². The predicted molar refractivity (Wildman–Crippen MR) is 137 cm³/mol. The van der Waals surface area contributed by atoms with E-state index in [-0.39, 0.29) is 28.7 Å². The summed E-state index contributed by atoms with van der Waals surface area (Å²) < 4.78 is 104. The lowest BCUT2D eigenvalue weighted by molar-refractivity contribution is -0.274. The van der Waals surface area contributed by atoms with Gasteiger partial charge in [0.25, 0.3) is 10.0 Å². The second kappa shape index (κ2) is 12.4. The first kappa shape index (κ1) is 30.9. The van der Waals surface area contributed by atoms with Gasteiger partial charge in [-0.05, 0) is 57.0 Å². The molecule has 10 nitrogen and oxygen atoms in total. The number of carbonyl (C=O) groups is 1. The number of aromatic nitrogens is 2. The lowest BCUT2D eigenvalue weighted by Crippen LogP contribution is -2.46. The molecule has 16 heteroatoms. The minimum atomic E-state index is -4.97. The molecule has 0 aliphatic heterocycles. The zero-order valence-corrected chi connectivity index (χ0v) is 23.0. The van der Waals surface area contributed by atoms with Crippen LogP contribution in [0.2, 0.25) is 0 Å². The van der Waals surface area contributed by atoms with E-state index in [1.54, 1.807) is 25.1 Å². The Kier molecular flexibility index (Phi) is 9.15. The van der Waals surface area contributed by atoms with Gasteiger partial charge >= 0.3 is 12.8 Å². The predicted octanol–water partition coefficient (Wildman–Crippen LogP) is 4.58. The summed E-state index contributed by atoms with van der Waals surface area (Å²) in [6, 6.07) is 7.37. The van der Waals surface area contributed by atoms with Gasteiger partial charge in [-0.15, -0.1) is 13.2 Å². The number of sulfonamides is 1. The maximum atomic E-state index is 15.2. The number of hydrogen-bond donors (Lipinski definition) is 0. The van der Waals surface area contributed by atoms with Crippen molar-refractivity contribution in [3.05, 3.63) is 72.2 Å². The van der Waals surface area contributed by atoms with E-state index in [0.29, 0.717) is 37.0 Å². The molecule has 4 rings (SSSR count). The van der Waals surface area contributed by atoms with Crippen LogP contribution < -0.4 is 13.9 Å². The normalized spacial score (nSPS) is 19.3. The van der Waals surface area contributed by atoms with Gasteiger partial charge in [0, 0.05) is 30.4 Å². The molecule has 1 aliphatic carbocycles. The van der Waals surface area contributed by atoms with Crippen LogP contribution >= 0.6 is 0 Å². The van der Waals surface area contributed by atoms with Gasteiger partial charge < -0.3 is 19.2 Å². The second-order valence-electron chi connectivity index (χ2n) is 9.53. The van der Waals surface area contributed by atoms with E-state index in [4.69, 9.17) is 4.74 Å². The average molecular weight is 617 g/mol. The number of carbonyl (C=O) groups excluding carboxylic acids is 1. The Balaban J connectivity index is 1.55. The fraction of sp³-hybridized carbons (Fsp3) is 0.346. The third kappa shape index (κ3) is 7.05. The maximum Gasteiger partial charge on any atom is 0.573 e. The summed E-state index contributed by atoms with van der Waals surface area (Å²) in [4.78, 5) is 23.4. The zero-order chi connectivity index (χ0) is 30.7. The van der Waals surface area contributed by atoms with Crippen LogP contribution in [-0.2, 0) is 19.7 Å². The van der Waals surface area contributed by atoms with E-state index in [9.17, 15) is 26.4 Å². The first-order valence-corrected chi connectivity index (χ1v) is 13.8. The fourth-order valence-corrected chi connectivity index (χ4v) is 6.02. The molecular weight excluding hydrogens is 591 g/mol. The highest BCUT2D eigenvalue weighted by Crippen LogP contribution is 2.39. The standard InChI is InChI=1S/C26H25F5N4O6S/c1-34(2)21-11-17(16-4-3-5-18(10-16)41-26(29,30)31)6-7-22(21)40-23-12-20(28)24(13-19(23)27)42(37,38)35(39-15-36)25-8-9-32-14-33-25/h3-5,8-10,12-15,17,21-22H,6-7,11H2,1-2H3/t17-,21-,22-/m0/s1. The molecule has 1 aliphatic rings. The Labute approximate surface area is 237 Å². The highest BCUT2D eigenvalue weighted by Gasteiger charge is 2.37. The summed E-state index contributed by atoms with van der Waals surface area (Å²) >= 11 is 0. The quantitative estimate of drug-likeness (QED) is 0.184. The highest BCUT2D eigenvalue weighted by atomic mass is 32.2. The van der Waals surface area contributed by atoms with Crippen molar-refractivity contribution in [1.82, 2.24) is 14.9 Å². The number of nitrogens with zero attached hydrogens (tertiary/aromatic N) is 4. The molecule has 1 heterocycles.